The Hall–Kier alpha value is -1.14. The number of carboxylic acids is 1. The van der Waals surface area contributed by atoms with Crippen molar-refractivity contribution in [1.82, 2.24) is 10.2 Å². The van der Waals surface area contributed by atoms with E-state index < -0.39 is 5.97 Å². The van der Waals surface area contributed by atoms with Gasteiger partial charge in [-0.2, -0.15) is 0 Å². The number of hydrogen-bond donors (Lipinski definition) is 2. The second kappa shape index (κ2) is 5.67. The van der Waals surface area contributed by atoms with Crippen LogP contribution in [-0.2, 0) is 14.3 Å². The summed E-state index contributed by atoms with van der Waals surface area (Å²) in [5.74, 6) is -0.828. The highest BCUT2D eigenvalue weighted by molar-refractivity contribution is 5.81. The predicted molar refractivity (Wildman–Crippen MR) is 64.2 cm³/mol. The number of nitrogens with one attached hydrogen (secondary N) is 1. The summed E-state index contributed by atoms with van der Waals surface area (Å²) in [6.07, 6.45) is 1.83. The number of morpholine rings is 1. The maximum Gasteiger partial charge on any atom is 0.306 e. The molecule has 1 aliphatic carbocycles. The molecule has 2 atom stereocenters. The maximum absolute atomic E-state index is 11.9. The molecule has 1 amide bonds. The molecule has 2 fully saturated rings. The fourth-order valence-corrected chi connectivity index (χ4v) is 2.13. The van der Waals surface area contributed by atoms with E-state index in [1.807, 2.05) is 11.8 Å². The van der Waals surface area contributed by atoms with E-state index >= 15 is 0 Å². The zero-order chi connectivity index (χ0) is 13.1. The minimum Gasteiger partial charge on any atom is -0.481 e. The van der Waals surface area contributed by atoms with Crippen molar-refractivity contribution in [2.75, 3.05) is 19.7 Å². The van der Waals surface area contributed by atoms with E-state index in [1.54, 1.807) is 0 Å². The van der Waals surface area contributed by atoms with Crippen LogP contribution in [0.4, 0.5) is 0 Å². The summed E-state index contributed by atoms with van der Waals surface area (Å²) in [6.45, 7) is 3.53. The van der Waals surface area contributed by atoms with Crippen molar-refractivity contribution in [2.24, 2.45) is 0 Å². The molecule has 2 unspecified atom stereocenters. The first-order valence-corrected chi connectivity index (χ1v) is 6.44. The van der Waals surface area contributed by atoms with Crippen LogP contribution >= 0.6 is 0 Å². The Labute approximate surface area is 106 Å². The van der Waals surface area contributed by atoms with Crippen LogP contribution in [0.15, 0.2) is 0 Å². The number of hydrogen-bond acceptors (Lipinski definition) is 4. The summed E-state index contributed by atoms with van der Waals surface area (Å²) in [7, 11) is 0. The number of aliphatic carboxylic acids is 1. The largest absolute Gasteiger partial charge is 0.481 e. The average Bonchev–Trinajstić information content (AvgIpc) is 3.11. The Balaban J connectivity index is 1.82. The molecule has 6 nitrogen and oxygen atoms in total. The lowest BCUT2D eigenvalue weighted by atomic mass is 10.1. The van der Waals surface area contributed by atoms with Gasteiger partial charge in [-0.05, 0) is 19.8 Å². The quantitative estimate of drug-likeness (QED) is 0.714. The minimum absolute atomic E-state index is 0.00648. The number of rotatable bonds is 5. The van der Waals surface area contributed by atoms with Crippen molar-refractivity contribution < 1.29 is 19.4 Å². The molecule has 0 aromatic rings. The van der Waals surface area contributed by atoms with Gasteiger partial charge in [0.25, 0.3) is 0 Å². The van der Waals surface area contributed by atoms with E-state index in [1.165, 1.54) is 0 Å². The van der Waals surface area contributed by atoms with Crippen LogP contribution in [0.3, 0.4) is 0 Å². The van der Waals surface area contributed by atoms with Gasteiger partial charge in [-0.1, -0.05) is 0 Å². The molecule has 0 radical (unpaired) electrons. The predicted octanol–water partition coefficient (Wildman–Crippen LogP) is -0.171. The standard InChI is InChI=1S/C12H20N2O4/c1-8(12(17)13-9-2-3-9)14-4-5-18-10(7-14)6-11(15)16/h8-10H,2-7H2,1H3,(H,13,17)(H,15,16). The third-order valence-electron chi connectivity index (χ3n) is 3.42. The number of ether oxygens (including phenoxy) is 1. The molecule has 1 saturated heterocycles. The molecule has 1 heterocycles. The summed E-state index contributed by atoms with van der Waals surface area (Å²) in [5, 5.41) is 11.7. The van der Waals surface area contributed by atoms with Gasteiger partial charge in [0.05, 0.1) is 25.2 Å². The zero-order valence-corrected chi connectivity index (χ0v) is 10.6. The Morgan fingerprint density at radius 3 is 2.83 bits per heavy atom. The normalized spacial score (nSPS) is 26.6. The molecule has 18 heavy (non-hydrogen) atoms. The van der Waals surface area contributed by atoms with Gasteiger partial charge in [0.15, 0.2) is 0 Å². The monoisotopic (exact) mass is 256 g/mol. The van der Waals surface area contributed by atoms with E-state index in [9.17, 15) is 9.59 Å². The molecule has 0 bridgehead atoms. The van der Waals surface area contributed by atoms with Crippen LogP contribution in [0, 0.1) is 0 Å². The van der Waals surface area contributed by atoms with Gasteiger partial charge in [-0.15, -0.1) is 0 Å². The highest BCUT2D eigenvalue weighted by atomic mass is 16.5. The number of carbonyl (C=O) groups excluding carboxylic acids is 1. The van der Waals surface area contributed by atoms with Crippen molar-refractivity contribution in [3.63, 3.8) is 0 Å². The topological polar surface area (TPSA) is 78.9 Å². The molecule has 2 rings (SSSR count). The fourth-order valence-electron chi connectivity index (χ4n) is 2.13. The Bertz CT molecular complexity index is 330. The lowest BCUT2D eigenvalue weighted by Gasteiger charge is -2.35. The van der Waals surface area contributed by atoms with Crippen molar-refractivity contribution >= 4 is 11.9 Å². The van der Waals surface area contributed by atoms with Gasteiger partial charge in [-0.3, -0.25) is 14.5 Å². The third-order valence-corrected chi connectivity index (χ3v) is 3.42. The number of nitrogens with zero attached hydrogens (tertiary/aromatic N) is 1. The molecule has 2 N–H and O–H groups in total. The smallest absolute Gasteiger partial charge is 0.306 e. The van der Waals surface area contributed by atoms with Crippen LogP contribution in [0.25, 0.3) is 0 Å². The van der Waals surface area contributed by atoms with Crippen molar-refractivity contribution in [2.45, 2.75) is 44.4 Å². The molecule has 102 valence electrons. The summed E-state index contributed by atoms with van der Waals surface area (Å²) in [6, 6.07) is 0.140. The molecule has 1 saturated carbocycles. The molecule has 0 aromatic heterocycles. The van der Waals surface area contributed by atoms with Gasteiger partial charge in [0.2, 0.25) is 5.91 Å². The lowest BCUT2D eigenvalue weighted by molar-refractivity contribution is -0.143. The highest BCUT2D eigenvalue weighted by Crippen LogP contribution is 2.19. The van der Waals surface area contributed by atoms with Crippen LogP contribution < -0.4 is 5.32 Å². The molecule has 2 aliphatic rings. The van der Waals surface area contributed by atoms with E-state index in [-0.39, 0.29) is 24.5 Å². The summed E-state index contributed by atoms with van der Waals surface area (Å²) >= 11 is 0. The van der Waals surface area contributed by atoms with Crippen molar-refractivity contribution in [1.29, 1.82) is 0 Å². The van der Waals surface area contributed by atoms with Gasteiger partial charge in [0.1, 0.15) is 0 Å². The SMILES string of the molecule is CC(C(=O)NC1CC1)N1CCOC(CC(=O)O)C1. The second-order valence-corrected chi connectivity index (χ2v) is 5.04. The van der Waals surface area contributed by atoms with E-state index in [0.29, 0.717) is 25.7 Å². The van der Waals surface area contributed by atoms with Crippen LogP contribution in [0.1, 0.15) is 26.2 Å². The summed E-state index contributed by atoms with van der Waals surface area (Å²) in [5.41, 5.74) is 0. The molecule has 0 aromatic carbocycles. The molecular formula is C12H20N2O4. The average molecular weight is 256 g/mol. The third kappa shape index (κ3) is 3.68. The van der Waals surface area contributed by atoms with E-state index in [0.717, 1.165) is 12.8 Å². The summed E-state index contributed by atoms with van der Waals surface area (Å²) in [4.78, 5) is 24.6. The highest BCUT2D eigenvalue weighted by Gasteiger charge is 2.31. The summed E-state index contributed by atoms with van der Waals surface area (Å²) < 4.78 is 5.39. The Kier molecular flexibility index (Phi) is 4.19. The minimum atomic E-state index is -0.864. The van der Waals surface area contributed by atoms with Gasteiger partial charge in [0, 0.05) is 19.1 Å². The molecule has 6 heteroatoms. The van der Waals surface area contributed by atoms with Crippen molar-refractivity contribution in [3.8, 4) is 0 Å². The Morgan fingerprint density at radius 2 is 2.22 bits per heavy atom. The fraction of sp³-hybridized carbons (Fsp3) is 0.833. The van der Waals surface area contributed by atoms with Crippen LogP contribution in [0.2, 0.25) is 0 Å². The van der Waals surface area contributed by atoms with E-state index in [4.69, 9.17) is 9.84 Å². The number of carboxylic acid groups (broad SMARTS) is 1. The van der Waals surface area contributed by atoms with Gasteiger partial charge >= 0.3 is 5.97 Å². The lowest BCUT2D eigenvalue weighted by Crippen LogP contribution is -2.52. The van der Waals surface area contributed by atoms with Crippen LogP contribution in [0.5, 0.6) is 0 Å². The first kappa shape index (κ1) is 13.3. The number of carbonyl (C=O) groups is 2. The van der Waals surface area contributed by atoms with Gasteiger partial charge < -0.3 is 15.2 Å². The first-order chi connectivity index (χ1) is 8.56. The zero-order valence-electron chi connectivity index (χ0n) is 10.6. The molecular weight excluding hydrogens is 236 g/mol. The van der Waals surface area contributed by atoms with E-state index in [2.05, 4.69) is 5.32 Å². The Morgan fingerprint density at radius 1 is 1.50 bits per heavy atom. The molecule has 0 spiro atoms. The van der Waals surface area contributed by atoms with Gasteiger partial charge in [-0.25, -0.2) is 0 Å². The first-order valence-electron chi connectivity index (χ1n) is 6.44. The maximum atomic E-state index is 11.9. The second-order valence-electron chi connectivity index (χ2n) is 5.04. The molecule has 1 aliphatic heterocycles. The van der Waals surface area contributed by atoms with Crippen LogP contribution in [-0.4, -0.2) is 59.8 Å². The van der Waals surface area contributed by atoms with Crippen molar-refractivity contribution in [3.05, 3.63) is 0 Å². The number of amides is 1.